The van der Waals surface area contributed by atoms with Gasteiger partial charge in [-0.15, -0.1) is 5.10 Å². The van der Waals surface area contributed by atoms with Crippen molar-refractivity contribution in [2.24, 2.45) is 0 Å². The van der Waals surface area contributed by atoms with Crippen LogP contribution in [0.5, 0.6) is 0 Å². The van der Waals surface area contributed by atoms with Crippen LogP contribution < -0.4 is 0 Å². The molecular formula is C10H15N3O2. The lowest BCUT2D eigenvalue weighted by Crippen LogP contribution is -2.05. The summed E-state index contributed by atoms with van der Waals surface area (Å²) in [6.45, 7) is 0. The third-order valence-electron chi connectivity index (χ3n) is 2.81. The van der Waals surface area contributed by atoms with Gasteiger partial charge in [-0.3, -0.25) is 4.79 Å². The van der Waals surface area contributed by atoms with Crippen molar-refractivity contribution in [2.45, 2.75) is 38.1 Å². The van der Waals surface area contributed by atoms with Gasteiger partial charge in [0.2, 0.25) is 0 Å². The zero-order valence-electron chi connectivity index (χ0n) is 8.85. The van der Waals surface area contributed by atoms with Crippen molar-refractivity contribution in [1.82, 2.24) is 15.0 Å². The van der Waals surface area contributed by atoms with Crippen LogP contribution in [0.3, 0.4) is 0 Å². The lowest BCUT2D eigenvalue weighted by Gasteiger charge is -2.06. The number of nitrogens with zero attached hydrogens (tertiary/aromatic N) is 3. The van der Waals surface area contributed by atoms with E-state index in [0.717, 1.165) is 0 Å². The number of ether oxygens (including phenoxy) is 1. The second-order valence-corrected chi connectivity index (χ2v) is 3.88. The fraction of sp³-hybridized carbons (Fsp3) is 0.700. The van der Waals surface area contributed by atoms with E-state index >= 15 is 0 Å². The molecule has 0 aromatic carbocycles. The smallest absolute Gasteiger partial charge is 0.311 e. The van der Waals surface area contributed by atoms with Crippen LogP contribution in [-0.2, 0) is 16.0 Å². The number of hydrogen-bond acceptors (Lipinski definition) is 4. The van der Waals surface area contributed by atoms with Gasteiger partial charge < -0.3 is 4.74 Å². The van der Waals surface area contributed by atoms with Gasteiger partial charge in [-0.2, -0.15) is 0 Å². The van der Waals surface area contributed by atoms with Gasteiger partial charge >= 0.3 is 5.97 Å². The van der Waals surface area contributed by atoms with Crippen LogP contribution in [0.4, 0.5) is 0 Å². The van der Waals surface area contributed by atoms with E-state index in [1.165, 1.54) is 32.8 Å². The van der Waals surface area contributed by atoms with Gasteiger partial charge in [0.25, 0.3) is 0 Å². The average molecular weight is 209 g/mol. The summed E-state index contributed by atoms with van der Waals surface area (Å²) in [6.07, 6.45) is 6.92. The maximum Gasteiger partial charge on any atom is 0.311 e. The first-order chi connectivity index (χ1) is 7.29. The van der Waals surface area contributed by atoms with Crippen LogP contribution in [0.2, 0.25) is 0 Å². The second kappa shape index (κ2) is 4.42. The Morgan fingerprint density at radius 2 is 2.33 bits per heavy atom. The van der Waals surface area contributed by atoms with E-state index in [9.17, 15) is 4.79 Å². The van der Waals surface area contributed by atoms with Gasteiger partial charge in [-0.25, -0.2) is 4.68 Å². The molecule has 5 heteroatoms. The molecule has 0 spiro atoms. The van der Waals surface area contributed by atoms with E-state index in [-0.39, 0.29) is 12.4 Å². The third kappa shape index (κ3) is 2.34. The summed E-state index contributed by atoms with van der Waals surface area (Å²) in [5, 5.41) is 8.01. The highest BCUT2D eigenvalue weighted by Gasteiger charge is 2.18. The van der Waals surface area contributed by atoms with Crippen molar-refractivity contribution in [1.29, 1.82) is 0 Å². The molecule has 1 aliphatic carbocycles. The number of rotatable bonds is 3. The number of carbonyl (C=O) groups excluding carboxylic acids is 1. The lowest BCUT2D eigenvalue weighted by molar-refractivity contribution is -0.139. The maximum absolute atomic E-state index is 11.0. The quantitative estimate of drug-likeness (QED) is 0.700. The van der Waals surface area contributed by atoms with Crippen molar-refractivity contribution >= 4 is 5.97 Å². The third-order valence-corrected chi connectivity index (χ3v) is 2.81. The summed E-state index contributed by atoms with van der Waals surface area (Å²) >= 11 is 0. The molecule has 1 saturated carbocycles. The summed E-state index contributed by atoms with van der Waals surface area (Å²) < 4.78 is 6.45. The molecule has 1 heterocycles. The minimum Gasteiger partial charge on any atom is -0.469 e. The highest BCUT2D eigenvalue weighted by Crippen LogP contribution is 2.28. The second-order valence-electron chi connectivity index (χ2n) is 3.88. The first-order valence-electron chi connectivity index (χ1n) is 5.27. The average Bonchev–Trinajstić information content (AvgIpc) is 2.85. The van der Waals surface area contributed by atoms with E-state index < -0.39 is 0 Å². The standard InChI is InChI=1S/C10H15N3O2/c1-15-10(14)6-8-7-13(12-11-8)9-4-2-3-5-9/h7,9H,2-6H2,1H3. The molecule has 1 aromatic rings. The molecule has 5 nitrogen and oxygen atoms in total. The molecule has 82 valence electrons. The van der Waals surface area contributed by atoms with Gasteiger partial charge in [-0.05, 0) is 12.8 Å². The van der Waals surface area contributed by atoms with Crippen LogP contribution in [0, 0.1) is 0 Å². The van der Waals surface area contributed by atoms with Crippen LogP contribution in [-0.4, -0.2) is 28.1 Å². The predicted molar refractivity (Wildman–Crippen MR) is 53.2 cm³/mol. The number of methoxy groups -OCH3 is 1. The van der Waals surface area contributed by atoms with Crippen LogP contribution >= 0.6 is 0 Å². The summed E-state index contributed by atoms with van der Waals surface area (Å²) in [5.74, 6) is -0.270. The van der Waals surface area contributed by atoms with Crippen LogP contribution in [0.1, 0.15) is 37.4 Å². The van der Waals surface area contributed by atoms with Crippen LogP contribution in [0.25, 0.3) is 0 Å². The summed E-state index contributed by atoms with van der Waals surface area (Å²) in [4.78, 5) is 11.0. The van der Waals surface area contributed by atoms with Crippen molar-refractivity contribution in [2.75, 3.05) is 7.11 Å². The number of esters is 1. The van der Waals surface area contributed by atoms with E-state index in [4.69, 9.17) is 0 Å². The topological polar surface area (TPSA) is 57.0 Å². The van der Waals surface area contributed by atoms with Gasteiger partial charge in [0.1, 0.15) is 0 Å². The zero-order chi connectivity index (χ0) is 10.7. The first-order valence-corrected chi connectivity index (χ1v) is 5.27. The largest absolute Gasteiger partial charge is 0.469 e. The molecule has 0 saturated heterocycles. The Morgan fingerprint density at radius 1 is 1.60 bits per heavy atom. The lowest BCUT2D eigenvalue weighted by atomic mass is 10.2. The van der Waals surface area contributed by atoms with E-state index in [1.807, 2.05) is 10.9 Å². The van der Waals surface area contributed by atoms with Crippen molar-refractivity contribution in [3.05, 3.63) is 11.9 Å². The minimum atomic E-state index is -0.270. The Kier molecular flexibility index (Phi) is 2.99. The highest BCUT2D eigenvalue weighted by atomic mass is 16.5. The molecule has 0 bridgehead atoms. The highest BCUT2D eigenvalue weighted by molar-refractivity contribution is 5.71. The Hall–Kier alpha value is -1.39. The molecule has 1 aromatic heterocycles. The van der Waals surface area contributed by atoms with Gasteiger partial charge in [0, 0.05) is 6.20 Å². The maximum atomic E-state index is 11.0. The minimum absolute atomic E-state index is 0.212. The molecule has 1 aliphatic rings. The molecular weight excluding hydrogens is 194 g/mol. The summed E-state index contributed by atoms with van der Waals surface area (Å²) in [7, 11) is 1.38. The molecule has 0 N–H and O–H groups in total. The molecule has 2 rings (SSSR count). The van der Waals surface area contributed by atoms with E-state index in [0.29, 0.717) is 11.7 Å². The van der Waals surface area contributed by atoms with Gasteiger partial charge in [0.15, 0.2) is 0 Å². The fourth-order valence-electron chi connectivity index (χ4n) is 1.96. The number of aromatic nitrogens is 3. The normalized spacial score (nSPS) is 16.9. The number of carbonyl (C=O) groups is 1. The van der Waals surface area contributed by atoms with Gasteiger partial charge in [0.05, 0.1) is 25.3 Å². The SMILES string of the molecule is COC(=O)Cc1cn(C2CCCC2)nn1. The Morgan fingerprint density at radius 3 is 3.00 bits per heavy atom. The van der Waals surface area contributed by atoms with Crippen molar-refractivity contribution in [3.8, 4) is 0 Å². The summed E-state index contributed by atoms with van der Waals surface area (Å²) in [6, 6.07) is 0.476. The first kappa shape index (κ1) is 10.1. The van der Waals surface area contributed by atoms with E-state index in [2.05, 4.69) is 15.0 Å². The Balaban J connectivity index is 2.00. The van der Waals surface area contributed by atoms with Crippen molar-refractivity contribution in [3.63, 3.8) is 0 Å². The van der Waals surface area contributed by atoms with Gasteiger partial charge in [-0.1, -0.05) is 18.1 Å². The summed E-state index contributed by atoms with van der Waals surface area (Å²) in [5.41, 5.74) is 0.689. The monoisotopic (exact) mass is 209 g/mol. The molecule has 0 radical (unpaired) electrons. The van der Waals surface area contributed by atoms with Crippen molar-refractivity contribution < 1.29 is 9.53 Å². The van der Waals surface area contributed by atoms with Crippen LogP contribution in [0.15, 0.2) is 6.20 Å². The molecule has 0 unspecified atom stereocenters. The van der Waals surface area contributed by atoms with E-state index in [1.54, 1.807) is 0 Å². The Bertz CT molecular complexity index is 342. The number of hydrogen-bond donors (Lipinski definition) is 0. The molecule has 15 heavy (non-hydrogen) atoms. The molecule has 0 aliphatic heterocycles. The Labute approximate surface area is 88.4 Å². The molecule has 0 atom stereocenters. The molecule has 1 fully saturated rings. The predicted octanol–water partition coefficient (Wildman–Crippen LogP) is 1.11. The zero-order valence-corrected chi connectivity index (χ0v) is 8.85. The fourth-order valence-corrected chi connectivity index (χ4v) is 1.96. The molecule has 0 amide bonds.